The van der Waals surface area contributed by atoms with Crippen molar-refractivity contribution in [3.05, 3.63) is 41.4 Å². The molecule has 0 spiro atoms. The number of halogens is 3. The van der Waals surface area contributed by atoms with Crippen molar-refractivity contribution in [3.63, 3.8) is 0 Å². The topological polar surface area (TPSA) is 90.1 Å². The van der Waals surface area contributed by atoms with Gasteiger partial charge in [0.15, 0.2) is 10.8 Å². The number of hydrogen-bond acceptors (Lipinski definition) is 6. The Hall–Kier alpha value is -2.23. The first-order chi connectivity index (χ1) is 12.6. The minimum atomic E-state index is -4.64. The minimum absolute atomic E-state index is 0.276. The molecule has 2 heterocycles. The summed E-state index contributed by atoms with van der Waals surface area (Å²) in [6.07, 6.45) is -4.51. The van der Waals surface area contributed by atoms with E-state index in [1.165, 1.54) is 13.8 Å². The highest BCUT2D eigenvalue weighted by Gasteiger charge is 2.44. The van der Waals surface area contributed by atoms with Crippen molar-refractivity contribution >= 4 is 15.6 Å². The average molecular weight is 418 g/mol. The molecule has 0 amide bonds. The molecule has 154 valence electrons. The molecule has 0 aliphatic heterocycles. The third kappa shape index (κ3) is 4.26. The van der Waals surface area contributed by atoms with Gasteiger partial charge < -0.3 is 4.52 Å². The molecule has 0 aliphatic rings. The molecule has 0 aliphatic carbocycles. The lowest BCUT2D eigenvalue weighted by Gasteiger charge is -2.22. The fourth-order valence-electron chi connectivity index (χ4n) is 2.24. The van der Waals surface area contributed by atoms with E-state index >= 15 is 0 Å². The number of Topliss-reactive ketones (excluding diaryl/α,β-unsaturated/α-hetero) is 1. The highest BCUT2D eigenvalue weighted by atomic mass is 32.2. The van der Waals surface area contributed by atoms with Crippen LogP contribution >= 0.6 is 0 Å². The third-order valence-electron chi connectivity index (χ3n) is 4.32. The van der Waals surface area contributed by atoms with Gasteiger partial charge in [-0.1, -0.05) is 25.9 Å². The fraction of sp³-hybridized carbons (Fsp3) is 0.500. The van der Waals surface area contributed by atoms with Gasteiger partial charge in [-0.25, -0.2) is 13.4 Å². The number of sulfone groups is 1. The van der Waals surface area contributed by atoms with E-state index in [-0.39, 0.29) is 17.5 Å². The Morgan fingerprint density at radius 1 is 1.11 bits per heavy atom. The molecule has 10 heteroatoms. The van der Waals surface area contributed by atoms with Crippen molar-refractivity contribution in [3.8, 4) is 0 Å². The summed E-state index contributed by atoms with van der Waals surface area (Å²) in [6, 6.07) is 2.95. The summed E-state index contributed by atoms with van der Waals surface area (Å²) < 4.78 is 66.8. The molecule has 2 aromatic heterocycles. The van der Waals surface area contributed by atoms with Gasteiger partial charge in [0.05, 0.1) is 17.7 Å². The molecule has 0 aromatic carbocycles. The molecule has 0 saturated heterocycles. The number of nitrogens with zero attached hydrogens (tertiary/aromatic N) is 2. The summed E-state index contributed by atoms with van der Waals surface area (Å²) in [5, 5.41) is 3.20. The first-order valence-electron chi connectivity index (χ1n) is 8.34. The third-order valence-corrected chi connectivity index (χ3v) is 6.69. The van der Waals surface area contributed by atoms with Crippen molar-refractivity contribution in [2.24, 2.45) is 0 Å². The maximum Gasteiger partial charge on any atom is 0.417 e. The molecule has 0 bridgehead atoms. The van der Waals surface area contributed by atoms with Crippen LogP contribution in [-0.4, -0.2) is 29.1 Å². The largest absolute Gasteiger partial charge is 0.417 e. The van der Waals surface area contributed by atoms with E-state index in [0.717, 1.165) is 6.07 Å². The number of carbonyl (C=O) groups is 1. The van der Waals surface area contributed by atoms with Gasteiger partial charge in [0.1, 0.15) is 10.5 Å². The summed E-state index contributed by atoms with van der Waals surface area (Å²) >= 11 is 0. The Balaban J connectivity index is 2.28. The van der Waals surface area contributed by atoms with Crippen LogP contribution in [0.2, 0.25) is 0 Å². The fourth-order valence-corrected chi connectivity index (χ4v) is 3.58. The van der Waals surface area contributed by atoms with E-state index in [1.807, 2.05) is 20.8 Å². The minimum Gasteiger partial charge on any atom is -0.361 e. The summed E-state index contributed by atoms with van der Waals surface area (Å²) in [7, 11) is -4.33. The number of ketones is 1. The molecule has 0 atom stereocenters. The average Bonchev–Trinajstić information content (AvgIpc) is 3.02. The van der Waals surface area contributed by atoms with Crippen molar-refractivity contribution in [1.82, 2.24) is 10.1 Å². The Labute approximate surface area is 161 Å². The predicted octanol–water partition coefficient (Wildman–Crippen LogP) is 3.75. The first kappa shape index (κ1) is 22.1. The smallest absolute Gasteiger partial charge is 0.361 e. The lowest BCUT2D eigenvalue weighted by atomic mass is 9.92. The lowest BCUT2D eigenvalue weighted by molar-refractivity contribution is -0.137. The van der Waals surface area contributed by atoms with Crippen molar-refractivity contribution < 1.29 is 30.9 Å². The second kappa shape index (κ2) is 6.98. The van der Waals surface area contributed by atoms with Gasteiger partial charge in [0.25, 0.3) is 0 Å². The number of pyridine rings is 1. The van der Waals surface area contributed by atoms with Crippen LogP contribution in [0.3, 0.4) is 0 Å². The van der Waals surface area contributed by atoms with Crippen LogP contribution in [0.15, 0.2) is 33.9 Å². The van der Waals surface area contributed by atoms with Crippen LogP contribution in [0.1, 0.15) is 51.6 Å². The van der Waals surface area contributed by atoms with Gasteiger partial charge in [-0.15, -0.1) is 0 Å². The lowest BCUT2D eigenvalue weighted by Crippen LogP contribution is -2.42. The van der Waals surface area contributed by atoms with E-state index in [0.29, 0.717) is 18.0 Å². The summed E-state index contributed by atoms with van der Waals surface area (Å²) in [5.41, 5.74) is -1.13. The molecular formula is C18H21F3N2O4S. The monoisotopic (exact) mass is 418 g/mol. The number of rotatable bonds is 5. The highest BCUT2D eigenvalue weighted by Crippen LogP contribution is 2.31. The number of alkyl halides is 3. The highest BCUT2D eigenvalue weighted by molar-refractivity contribution is 7.93. The van der Waals surface area contributed by atoms with E-state index in [4.69, 9.17) is 4.52 Å². The molecule has 0 radical (unpaired) electrons. The Morgan fingerprint density at radius 3 is 2.14 bits per heavy atom. The molecule has 2 aromatic rings. The van der Waals surface area contributed by atoms with Crippen LogP contribution < -0.4 is 0 Å². The van der Waals surface area contributed by atoms with Crippen LogP contribution in [0.4, 0.5) is 13.2 Å². The van der Waals surface area contributed by atoms with Crippen LogP contribution in [-0.2, 0) is 32.6 Å². The molecule has 28 heavy (non-hydrogen) atoms. The number of aromatic nitrogens is 2. The number of carbonyl (C=O) groups excluding carboxylic acids is 1. The first-order valence-corrected chi connectivity index (χ1v) is 9.82. The molecule has 0 fully saturated rings. The quantitative estimate of drug-likeness (QED) is 0.735. The maximum atomic E-state index is 12.8. The molecule has 0 saturated carbocycles. The Kier molecular flexibility index (Phi) is 5.50. The molecule has 2 rings (SSSR count). The van der Waals surface area contributed by atoms with E-state index in [9.17, 15) is 26.4 Å². The van der Waals surface area contributed by atoms with Crippen molar-refractivity contribution in [2.45, 2.75) is 62.4 Å². The maximum absolute atomic E-state index is 12.8. The van der Waals surface area contributed by atoms with Gasteiger partial charge in [-0.2, -0.15) is 13.2 Å². The standard InChI is InChI=1S/C18H21F3N2O4S/c1-16(2,3)14-9-12(23-27-14)8-13(24)17(4,5)28(25,26)15-7-6-11(10-22-15)18(19,20)21/h6-7,9-10H,8H2,1-5H3. The van der Waals surface area contributed by atoms with Crippen LogP contribution in [0.5, 0.6) is 0 Å². The zero-order valence-corrected chi connectivity index (χ0v) is 16.9. The van der Waals surface area contributed by atoms with E-state index in [1.54, 1.807) is 6.07 Å². The zero-order valence-electron chi connectivity index (χ0n) is 16.1. The second-order valence-corrected chi connectivity index (χ2v) is 10.4. The van der Waals surface area contributed by atoms with E-state index < -0.39 is 37.1 Å². The SMILES string of the molecule is CC(C)(C)c1cc(CC(=O)C(C)(C)S(=O)(=O)c2ccc(C(F)(F)F)cn2)no1. The Bertz CT molecular complexity index is 969. The summed E-state index contributed by atoms with van der Waals surface area (Å²) in [5.74, 6) is -0.136. The normalized spacial score (nSPS) is 13.6. The number of hydrogen-bond donors (Lipinski definition) is 0. The summed E-state index contributed by atoms with van der Waals surface area (Å²) in [4.78, 5) is 16.1. The van der Waals surface area contributed by atoms with Crippen molar-refractivity contribution in [2.75, 3.05) is 0 Å². The van der Waals surface area contributed by atoms with E-state index in [2.05, 4.69) is 10.1 Å². The van der Waals surface area contributed by atoms with Gasteiger partial charge >= 0.3 is 6.18 Å². The summed E-state index contributed by atoms with van der Waals surface area (Å²) in [6.45, 7) is 8.06. The van der Waals surface area contributed by atoms with Gasteiger partial charge in [-0.05, 0) is 26.0 Å². The van der Waals surface area contributed by atoms with Gasteiger partial charge in [0, 0.05) is 17.7 Å². The van der Waals surface area contributed by atoms with Crippen LogP contribution in [0, 0.1) is 0 Å². The van der Waals surface area contributed by atoms with Crippen LogP contribution in [0.25, 0.3) is 0 Å². The van der Waals surface area contributed by atoms with Crippen molar-refractivity contribution in [1.29, 1.82) is 0 Å². The second-order valence-electron chi connectivity index (χ2n) is 7.93. The predicted molar refractivity (Wildman–Crippen MR) is 94.4 cm³/mol. The molecule has 6 nitrogen and oxygen atoms in total. The Morgan fingerprint density at radius 2 is 1.71 bits per heavy atom. The molecule has 0 unspecified atom stereocenters. The van der Waals surface area contributed by atoms with Gasteiger partial charge in [0.2, 0.25) is 9.84 Å². The molecular weight excluding hydrogens is 397 g/mol. The van der Waals surface area contributed by atoms with Gasteiger partial charge in [-0.3, -0.25) is 4.79 Å². The molecule has 0 N–H and O–H groups in total. The zero-order chi connectivity index (χ0) is 21.5.